The third kappa shape index (κ3) is 5.12. The Morgan fingerprint density at radius 2 is 1.60 bits per heavy atom. The van der Waals surface area contributed by atoms with Crippen LogP contribution in [0.15, 0.2) is 82.2 Å². The van der Waals surface area contributed by atoms with Crippen LogP contribution in [0.1, 0.15) is 16.1 Å². The highest BCUT2D eigenvalue weighted by Gasteiger charge is 2.21. The van der Waals surface area contributed by atoms with Crippen molar-refractivity contribution < 1.29 is 27.2 Å². The molecule has 0 unspecified atom stereocenters. The van der Waals surface area contributed by atoms with Crippen LogP contribution in [0.3, 0.4) is 0 Å². The van der Waals surface area contributed by atoms with Gasteiger partial charge < -0.3 is 19.3 Å². The molecule has 1 heterocycles. The zero-order valence-corrected chi connectivity index (χ0v) is 20.0. The van der Waals surface area contributed by atoms with Gasteiger partial charge in [-0.1, -0.05) is 35.5 Å². The predicted molar refractivity (Wildman–Crippen MR) is 131 cm³/mol. The SMILES string of the molecule is COc1ccccc1NS(=O)(=O)c1cc(NC(=O)c2cc(-c3ccccc3OC)on2)ccc1C. The summed E-state index contributed by atoms with van der Waals surface area (Å²) < 4.78 is 44.6. The summed E-state index contributed by atoms with van der Waals surface area (Å²) in [5.74, 6) is 0.766. The predicted octanol–water partition coefficient (Wildman–Crippen LogP) is 4.72. The monoisotopic (exact) mass is 493 g/mol. The van der Waals surface area contributed by atoms with Gasteiger partial charge >= 0.3 is 0 Å². The van der Waals surface area contributed by atoms with E-state index >= 15 is 0 Å². The molecule has 3 aromatic carbocycles. The van der Waals surface area contributed by atoms with Crippen molar-refractivity contribution in [1.82, 2.24) is 5.16 Å². The van der Waals surface area contributed by atoms with Crippen molar-refractivity contribution in [1.29, 1.82) is 0 Å². The van der Waals surface area contributed by atoms with Crippen molar-refractivity contribution in [2.24, 2.45) is 0 Å². The molecule has 0 saturated heterocycles. The summed E-state index contributed by atoms with van der Waals surface area (Å²) in [6.07, 6.45) is 0. The highest BCUT2D eigenvalue weighted by atomic mass is 32.2. The molecule has 0 spiro atoms. The van der Waals surface area contributed by atoms with E-state index in [9.17, 15) is 13.2 Å². The molecule has 2 N–H and O–H groups in total. The molecule has 9 nitrogen and oxygen atoms in total. The second kappa shape index (κ2) is 9.90. The molecule has 10 heteroatoms. The number of aromatic nitrogens is 1. The fourth-order valence-electron chi connectivity index (χ4n) is 3.45. The number of para-hydroxylation sites is 3. The van der Waals surface area contributed by atoms with Crippen molar-refractivity contribution in [3.05, 3.63) is 84.1 Å². The van der Waals surface area contributed by atoms with Crippen LogP contribution in [0.4, 0.5) is 11.4 Å². The average molecular weight is 494 g/mol. The number of anilines is 2. The van der Waals surface area contributed by atoms with Crippen LogP contribution in [-0.2, 0) is 10.0 Å². The Morgan fingerprint density at radius 1 is 0.914 bits per heavy atom. The van der Waals surface area contributed by atoms with Gasteiger partial charge in [-0.3, -0.25) is 9.52 Å². The molecule has 0 saturated carbocycles. The summed E-state index contributed by atoms with van der Waals surface area (Å²) in [7, 11) is -0.976. The summed E-state index contributed by atoms with van der Waals surface area (Å²) in [6.45, 7) is 1.67. The lowest BCUT2D eigenvalue weighted by Crippen LogP contribution is -2.16. The minimum absolute atomic E-state index is 0.0102. The first-order valence-electron chi connectivity index (χ1n) is 10.5. The molecule has 0 aliphatic heterocycles. The number of carbonyl (C=O) groups is 1. The third-order valence-electron chi connectivity index (χ3n) is 5.20. The Labute approximate surface area is 202 Å². The van der Waals surface area contributed by atoms with E-state index in [4.69, 9.17) is 14.0 Å². The van der Waals surface area contributed by atoms with Crippen LogP contribution in [0.2, 0.25) is 0 Å². The second-order valence-corrected chi connectivity index (χ2v) is 9.17. The van der Waals surface area contributed by atoms with Gasteiger partial charge in [0.05, 0.1) is 30.4 Å². The Bertz CT molecular complexity index is 1480. The molecule has 4 rings (SSSR count). The lowest BCUT2D eigenvalue weighted by Gasteiger charge is -2.14. The smallest absolute Gasteiger partial charge is 0.277 e. The number of carbonyl (C=O) groups excluding carboxylic acids is 1. The summed E-state index contributed by atoms with van der Waals surface area (Å²) in [5.41, 5.74) is 1.76. The molecule has 1 aromatic heterocycles. The lowest BCUT2D eigenvalue weighted by molar-refractivity contribution is 0.101. The number of hydrogen-bond donors (Lipinski definition) is 2. The minimum atomic E-state index is -3.97. The van der Waals surface area contributed by atoms with E-state index in [-0.39, 0.29) is 16.3 Å². The Hall–Kier alpha value is -4.31. The number of aryl methyl sites for hydroxylation is 1. The number of amides is 1. The number of nitrogens with one attached hydrogen (secondary N) is 2. The highest BCUT2D eigenvalue weighted by Crippen LogP contribution is 2.31. The van der Waals surface area contributed by atoms with Gasteiger partial charge in [0, 0.05) is 11.8 Å². The molecule has 0 aliphatic rings. The molecular weight excluding hydrogens is 470 g/mol. The van der Waals surface area contributed by atoms with Crippen molar-refractivity contribution in [3.63, 3.8) is 0 Å². The standard InChI is InChI=1S/C25H23N3O6S/c1-16-12-13-17(14-24(16)35(30,31)28-19-9-5-7-11-22(19)33-3)26-25(29)20-15-23(34-27-20)18-8-4-6-10-21(18)32-2/h4-15,28H,1-3H3,(H,26,29). The van der Waals surface area contributed by atoms with Crippen LogP contribution in [-0.4, -0.2) is 33.7 Å². The molecule has 180 valence electrons. The minimum Gasteiger partial charge on any atom is -0.496 e. The first kappa shape index (κ1) is 23.8. The quantitative estimate of drug-likeness (QED) is 0.364. The summed E-state index contributed by atoms with van der Waals surface area (Å²) in [5, 5.41) is 6.51. The van der Waals surface area contributed by atoms with E-state index < -0.39 is 15.9 Å². The van der Waals surface area contributed by atoms with Crippen LogP contribution in [0.25, 0.3) is 11.3 Å². The zero-order chi connectivity index (χ0) is 25.0. The number of hydrogen-bond acceptors (Lipinski definition) is 7. The van der Waals surface area contributed by atoms with Crippen molar-refractivity contribution >= 4 is 27.3 Å². The lowest BCUT2D eigenvalue weighted by atomic mass is 10.1. The van der Waals surface area contributed by atoms with Crippen molar-refractivity contribution in [3.8, 4) is 22.8 Å². The second-order valence-electron chi connectivity index (χ2n) is 7.52. The molecule has 35 heavy (non-hydrogen) atoms. The molecule has 4 aromatic rings. The summed E-state index contributed by atoms with van der Waals surface area (Å²) >= 11 is 0. The Morgan fingerprint density at radius 3 is 2.34 bits per heavy atom. The van der Waals surface area contributed by atoms with Gasteiger partial charge in [-0.05, 0) is 48.9 Å². The number of sulfonamides is 1. The van der Waals surface area contributed by atoms with E-state index in [2.05, 4.69) is 15.2 Å². The largest absolute Gasteiger partial charge is 0.496 e. The maximum Gasteiger partial charge on any atom is 0.277 e. The van der Waals surface area contributed by atoms with Gasteiger partial charge in [-0.15, -0.1) is 0 Å². The molecule has 0 fully saturated rings. The number of rotatable bonds is 8. The highest BCUT2D eigenvalue weighted by molar-refractivity contribution is 7.92. The number of ether oxygens (including phenoxy) is 2. The first-order valence-corrected chi connectivity index (χ1v) is 12.0. The van der Waals surface area contributed by atoms with E-state index in [1.165, 1.54) is 26.4 Å². The van der Waals surface area contributed by atoms with Gasteiger partial charge in [0.15, 0.2) is 11.5 Å². The van der Waals surface area contributed by atoms with Gasteiger partial charge in [0.1, 0.15) is 11.5 Å². The first-order chi connectivity index (χ1) is 16.8. The number of nitrogens with zero attached hydrogens (tertiary/aromatic N) is 1. The maximum atomic E-state index is 13.1. The molecule has 0 bridgehead atoms. The fraction of sp³-hybridized carbons (Fsp3) is 0.120. The molecule has 1 amide bonds. The van der Waals surface area contributed by atoms with E-state index in [1.807, 2.05) is 12.1 Å². The van der Waals surface area contributed by atoms with Gasteiger partial charge in [0.25, 0.3) is 15.9 Å². The van der Waals surface area contributed by atoms with E-state index in [1.54, 1.807) is 55.5 Å². The van der Waals surface area contributed by atoms with Crippen molar-refractivity contribution in [2.75, 3.05) is 24.3 Å². The summed E-state index contributed by atoms with van der Waals surface area (Å²) in [4.78, 5) is 12.8. The van der Waals surface area contributed by atoms with E-state index in [0.717, 1.165) is 0 Å². The van der Waals surface area contributed by atoms with E-state index in [0.29, 0.717) is 34.1 Å². The summed E-state index contributed by atoms with van der Waals surface area (Å²) in [6, 6.07) is 20.0. The van der Waals surface area contributed by atoms with Gasteiger partial charge in [-0.25, -0.2) is 8.42 Å². The van der Waals surface area contributed by atoms with Crippen LogP contribution >= 0.6 is 0 Å². The Balaban J connectivity index is 1.57. The van der Waals surface area contributed by atoms with Crippen molar-refractivity contribution in [2.45, 2.75) is 11.8 Å². The molecular formula is C25H23N3O6S. The fourth-order valence-corrected chi connectivity index (χ4v) is 4.79. The van der Waals surface area contributed by atoms with Gasteiger partial charge in [-0.2, -0.15) is 0 Å². The number of benzene rings is 3. The Kier molecular flexibility index (Phi) is 6.74. The molecule has 0 atom stereocenters. The number of methoxy groups -OCH3 is 2. The van der Waals surface area contributed by atoms with Crippen LogP contribution < -0.4 is 19.5 Å². The molecule has 0 radical (unpaired) electrons. The average Bonchev–Trinajstić information content (AvgIpc) is 3.35. The normalized spacial score (nSPS) is 11.1. The zero-order valence-electron chi connectivity index (χ0n) is 19.2. The van der Waals surface area contributed by atoms with Crippen LogP contribution in [0, 0.1) is 6.92 Å². The van der Waals surface area contributed by atoms with Crippen LogP contribution in [0.5, 0.6) is 11.5 Å². The third-order valence-corrected chi connectivity index (χ3v) is 6.71. The maximum absolute atomic E-state index is 13.1. The topological polar surface area (TPSA) is 120 Å². The van der Waals surface area contributed by atoms with Gasteiger partial charge in [0.2, 0.25) is 0 Å². The molecule has 0 aliphatic carbocycles.